The number of aromatic nitrogens is 2. The average molecular weight is 355 g/mol. The minimum absolute atomic E-state index is 0.0153. The van der Waals surface area contributed by atoms with Gasteiger partial charge in [0.2, 0.25) is 25.2 Å². The molecule has 0 fully saturated rings. The van der Waals surface area contributed by atoms with Crippen molar-refractivity contribution in [3.05, 3.63) is 29.8 Å². The van der Waals surface area contributed by atoms with Crippen LogP contribution in [0.2, 0.25) is 0 Å². The maximum Gasteiger partial charge on any atom is 0.234 e. The summed E-state index contributed by atoms with van der Waals surface area (Å²) >= 11 is 0.863. The second-order valence-electron chi connectivity index (χ2n) is 4.77. The summed E-state index contributed by atoms with van der Waals surface area (Å²) in [5, 5.41) is 10.1. The highest BCUT2D eigenvalue weighted by atomic mass is 32.2. The molecule has 7 nitrogen and oxygen atoms in total. The van der Waals surface area contributed by atoms with Crippen LogP contribution in [0.25, 0.3) is 0 Å². The Hall–Kier alpha value is -2.00. The highest BCUT2D eigenvalue weighted by Gasteiger charge is 2.20. The van der Waals surface area contributed by atoms with Crippen LogP contribution in [-0.2, 0) is 21.1 Å². The maximum atomic E-state index is 12.0. The second kappa shape index (κ2) is 7.51. The SMILES string of the molecule is CCCS(=O)(=O)c1nnc(NC(=O)Cc2ccc(OC)cc2)s1. The van der Waals surface area contributed by atoms with Gasteiger partial charge >= 0.3 is 0 Å². The minimum Gasteiger partial charge on any atom is -0.497 e. The van der Waals surface area contributed by atoms with Crippen LogP contribution < -0.4 is 10.1 Å². The summed E-state index contributed by atoms with van der Waals surface area (Å²) < 4.78 is 28.7. The van der Waals surface area contributed by atoms with Crippen molar-refractivity contribution in [2.24, 2.45) is 0 Å². The number of nitrogens with zero attached hydrogens (tertiary/aromatic N) is 2. The number of hydrogen-bond donors (Lipinski definition) is 1. The molecule has 2 rings (SSSR count). The quantitative estimate of drug-likeness (QED) is 0.762. The molecule has 0 bridgehead atoms. The summed E-state index contributed by atoms with van der Waals surface area (Å²) in [6.07, 6.45) is 0.654. The molecule has 0 aliphatic rings. The molecule has 2 aromatic rings. The maximum absolute atomic E-state index is 12.0. The number of hydrogen-bond acceptors (Lipinski definition) is 7. The third kappa shape index (κ3) is 4.73. The zero-order chi connectivity index (χ0) is 16.9. The molecule has 1 N–H and O–H groups in total. The van der Waals surface area contributed by atoms with Crippen molar-refractivity contribution in [2.45, 2.75) is 24.1 Å². The van der Waals surface area contributed by atoms with Crippen molar-refractivity contribution >= 4 is 32.2 Å². The second-order valence-corrected chi connectivity index (χ2v) is 8.03. The van der Waals surface area contributed by atoms with E-state index >= 15 is 0 Å². The number of amides is 1. The summed E-state index contributed by atoms with van der Waals surface area (Å²) in [4.78, 5) is 12.0. The van der Waals surface area contributed by atoms with E-state index in [2.05, 4.69) is 15.5 Å². The summed E-state index contributed by atoms with van der Waals surface area (Å²) in [5.41, 5.74) is 0.812. The topological polar surface area (TPSA) is 98.3 Å². The molecule has 0 saturated heterocycles. The predicted molar refractivity (Wildman–Crippen MR) is 87.6 cm³/mol. The predicted octanol–water partition coefficient (Wildman–Crippen LogP) is 1.91. The van der Waals surface area contributed by atoms with Gasteiger partial charge in [-0.3, -0.25) is 4.79 Å². The Morgan fingerprint density at radius 3 is 2.57 bits per heavy atom. The molecule has 124 valence electrons. The van der Waals surface area contributed by atoms with Crippen molar-refractivity contribution in [2.75, 3.05) is 18.2 Å². The first-order valence-electron chi connectivity index (χ1n) is 6.93. The van der Waals surface area contributed by atoms with E-state index in [0.29, 0.717) is 12.2 Å². The van der Waals surface area contributed by atoms with Gasteiger partial charge in [0.1, 0.15) is 5.75 Å². The Labute approximate surface area is 138 Å². The number of anilines is 1. The summed E-state index contributed by atoms with van der Waals surface area (Å²) in [6, 6.07) is 7.11. The molecule has 1 aromatic carbocycles. The average Bonchev–Trinajstić information content (AvgIpc) is 2.97. The molecule has 1 amide bonds. The van der Waals surface area contributed by atoms with Gasteiger partial charge in [-0.1, -0.05) is 30.4 Å². The number of ether oxygens (including phenoxy) is 1. The number of sulfone groups is 1. The fourth-order valence-electron chi connectivity index (χ4n) is 1.83. The van der Waals surface area contributed by atoms with Crippen LogP contribution in [0.1, 0.15) is 18.9 Å². The van der Waals surface area contributed by atoms with Crippen LogP contribution in [0.4, 0.5) is 5.13 Å². The molecule has 1 heterocycles. The van der Waals surface area contributed by atoms with Crippen LogP contribution in [-0.4, -0.2) is 37.4 Å². The van der Waals surface area contributed by atoms with E-state index in [4.69, 9.17) is 4.74 Å². The first-order chi connectivity index (χ1) is 10.9. The molecule has 0 aliphatic carbocycles. The Kier molecular flexibility index (Phi) is 5.67. The molecule has 0 atom stereocenters. The number of benzene rings is 1. The van der Waals surface area contributed by atoms with E-state index < -0.39 is 9.84 Å². The smallest absolute Gasteiger partial charge is 0.234 e. The van der Waals surface area contributed by atoms with Gasteiger partial charge in [0.15, 0.2) is 0 Å². The van der Waals surface area contributed by atoms with Gasteiger partial charge in [-0.15, -0.1) is 10.2 Å². The zero-order valence-corrected chi connectivity index (χ0v) is 14.4. The standard InChI is InChI=1S/C14H17N3O4S2/c1-3-8-23(19,20)14-17-16-13(22-14)15-12(18)9-10-4-6-11(21-2)7-5-10/h4-7H,3,8-9H2,1-2H3,(H,15,16,18). The lowest BCUT2D eigenvalue weighted by molar-refractivity contribution is -0.115. The van der Waals surface area contributed by atoms with Crippen molar-refractivity contribution in [3.8, 4) is 5.75 Å². The first kappa shape index (κ1) is 17.4. The van der Waals surface area contributed by atoms with Crippen LogP contribution in [0, 0.1) is 0 Å². The number of methoxy groups -OCH3 is 1. The highest BCUT2D eigenvalue weighted by Crippen LogP contribution is 2.21. The molecule has 0 spiro atoms. The normalized spacial score (nSPS) is 11.2. The summed E-state index contributed by atoms with van der Waals surface area (Å²) in [5.74, 6) is 0.441. The van der Waals surface area contributed by atoms with Gasteiger partial charge in [-0.25, -0.2) is 8.42 Å². The minimum atomic E-state index is -3.41. The van der Waals surface area contributed by atoms with E-state index in [1.54, 1.807) is 38.3 Å². The Morgan fingerprint density at radius 2 is 1.96 bits per heavy atom. The largest absolute Gasteiger partial charge is 0.497 e. The van der Waals surface area contributed by atoms with Crippen molar-refractivity contribution < 1.29 is 17.9 Å². The van der Waals surface area contributed by atoms with E-state index in [1.807, 2.05) is 0 Å². The third-order valence-electron chi connectivity index (χ3n) is 2.92. The molecule has 0 unspecified atom stereocenters. The highest BCUT2D eigenvalue weighted by molar-refractivity contribution is 7.93. The van der Waals surface area contributed by atoms with Crippen LogP contribution in [0.3, 0.4) is 0 Å². The Bertz CT molecular complexity index is 770. The van der Waals surface area contributed by atoms with Crippen molar-refractivity contribution in [3.63, 3.8) is 0 Å². The van der Waals surface area contributed by atoms with Crippen LogP contribution in [0.15, 0.2) is 28.6 Å². The number of carbonyl (C=O) groups excluding carboxylic acids is 1. The number of nitrogens with one attached hydrogen (secondary N) is 1. The van der Waals surface area contributed by atoms with Crippen molar-refractivity contribution in [1.82, 2.24) is 10.2 Å². The summed E-state index contributed by atoms with van der Waals surface area (Å²) in [6.45, 7) is 1.77. The van der Waals surface area contributed by atoms with Gasteiger partial charge in [0.25, 0.3) is 0 Å². The van der Waals surface area contributed by atoms with Gasteiger partial charge in [-0.05, 0) is 24.1 Å². The molecule has 0 aliphatic heterocycles. The summed E-state index contributed by atoms with van der Waals surface area (Å²) in [7, 11) is -1.84. The van der Waals surface area contributed by atoms with Crippen LogP contribution in [0.5, 0.6) is 5.75 Å². The lowest BCUT2D eigenvalue weighted by atomic mass is 10.1. The molecular weight excluding hydrogens is 338 g/mol. The van der Waals surface area contributed by atoms with E-state index in [1.165, 1.54) is 0 Å². The van der Waals surface area contributed by atoms with Crippen molar-refractivity contribution in [1.29, 1.82) is 0 Å². The van der Waals surface area contributed by atoms with Gasteiger partial charge < -0.3 is 10.1 Å². The Balaban J connectivity index is 1.99. The monoisotopic (exact) mass is 355 g/mol. The van der Waals surface area contributed by atoms with E-state index in [9.17, 15) is 13.2 Å². The molecule has 9 heteroatoms. The molecular formula is C14H17N3O4S2. The van der Waals surface area contributed by atoms with Gasteiger partial charge in [0.05, 0.1) is 19.3 Å². The zero-order valence-electron chi connectivity index (χ0n) is 12.8. The molecule has 1 aromatic heterocycles. The van der Waals surface area contributed by atoms with Gasteiger partial charge in [-0.2, -0.15) is 0 Å². The lowest BCUT2D eigenvalue weighted by Crippen LogP contribution is -2.14. The fraction of sp³-hybridized carbons (Fsp3) is 0.357. The lowest BCUT2D eigenvalue weighted by Gasteiger charge is -2.03. The third-order valence-corrected chi connectivity index (χ3v) is 6.12. The fourth-order valence-corrected chi connectivity index (χ4v) is 4.20. The Morgan fingerprint density at radius 1 is 1.26 bits per heavy atom. The van der Waals surface area contributed by atoms with Gasteiger partial charge in [0, 0.05) is 0 Å². The van der Waals surface area contributed by atoms with E-state index in [-0.39, 0.29) is 27.6 Å². The molecule has 23 heavy (non-hydrogen) atoms. The number of rotatable bonds is 7. The molecule has 0 saturated carbocycles. The number of carbonyl (C=O) groups is 1. The molecule has 0 radical (unpaired) electrons. The van der Waals surface area contributed by atoms with E-state index in [0.717, 1.165) is 16.9 Å². The first-order valence-corrected chi connectivity index (χ1v) is 9.40. The van der Waals surface area contributed by atoms with Crippen LogP contribution >= 0.6 is 11.3 Å².